The second-order valence-electron chi connectivity index (χ2n) is 5.87. The van der Waals surface area contributed by atoms with Crippen molar-refractivity contribution in [2.45, 2.75) is 18.6 Å². The quantitative estimate of drug-likeness (QED) is 0.503. The molecule has 136 valence electrons. The van der Waals surface area contributed by atoms with E-state index in [1.54, 1.807) is 0 Å². The standard InChI is InChI=1S/C19H26N2O4/c20-10-16(22)12-24-18-5-1-14(2-6-18)9-15-3-7-19(8-4-15)25-13-17(23)11-21/h1-8,16-17,22-23H,9-13,20-21H2/t16-,17-/m1/s1. The van der Waals surface area contributed by atoms with E-state index in [1.807, 2.05) is 48.5 Å². The Labute approximate surface area is 148 Å². The van der Waals surface area contributed by atoms with Crippen molar-refractivity contribution in [3.8, 4) is 11.5 Å². The number of ether oxygens (including phenoxy) is 2. The van der Waals surface area contributed by atoms with Crippen LogP contribution in [0.25, 0.3) is 0 Å². The minimum absolute atomic E-state index is 0.184. The van der Waals surface area contributed by atoms with E-state index in [-0.39, 0.29) is 26.3 Å². The van der Waals surface area contributed by atoms with Gasteiger partial charge in [-0.1, -0.05) is 24.3 Å². The average Bonchev–Trinajstić information content (AvgIpc) is 2.66. The summed E-state index contributed by atoms with van der Waals surface area (Å²) >= 11 is 0. The number of benzene rings is 2. The highest BCUT2D eigenvalue weighted by Gasteiger charge is 2.04. The summed E-state index contributed by atoms with van der Waals surface area (Å²) in [6, 6.07) is 15.5. The number of rotatable bonds is 10. The van der Waals surface area contributed by atoms with E-state index in [0.717, 1.165) is 17.5 Å². The monoisotopic (exact) mass is 346 g/mol. The Balaban J connectivity index is 1.85. The summed E-state index contributed by atoms with van der Waals surface area (Å²) in [4.78, 5) is 0. The second kappa shape index (κ2) is 10.0. The van der Waals surface area contributed by atoms with Crippen LogP contribution in [0.15, 0.2) is 48.5 Å². The summed E-state index contributed by atoms with van der Waals surface area (Å²) in [5.41, 5.74) is 13.0. The zero-order chi connectivity index (χ0) is 18.1. The van der Waals surface area contributed by atoms with Gasteiger partial charge in [0.2, 0.25) is 0 Å². The highest BCUT2D eigenvalue weighted by molar-refractivity contribution is 5.34. The maximum atomic E-state index is 9.39. The molecule has 2 rings (SSSR count). The number of aliphatic hydroxyl groups excluding tert-OH is 2. The molecule has 0 aliphatic heterocycles. The molecule has 2 atom stereocenters. The third kappa shape index (κ3) is 6.72. The van der Waals surface area contributed by atoms with Crippen molar-refractivity contribution in [2.24, 2.45) is 11.5 Å². The van der Waals surface area contributed by atoms with Gasteiger partial charge in [-0.05, 0) is 41.8 Å². The lowest BCUT2D eigenvalue weighted by Crippen LogP contribution is -2.26. The Hall–Kier alpha value is -2.12. The predicted octanol–water partition coefficient (Wildman–Crippen LogP) is 0.674. The van der Waals surface area contributed by atoms with Crippen molar-refractivity contribution in [3.05, 3.63) is 59.7 Å². The van der Waals surface area contributed by atoms with Gasteiger partial charge in [-0.25, -0.2) is 0 Å². The van der Waals surface area contributed by atoms with E-state index < -0.39 is 12.2 Å². The third-order valence-corrected chi connectivity index (χ3v) is 3.68. The zero-order valence-electron chi connectivity index (χ0n) is 14.2. The second-order valence-corrected chi connectivity index (χ2v) is 5.87. The number of hydrogen-bond donors (Lipinski definition) is 4. The van der Waals surface area contributed by atoms with Gasteiger partial charge in [0, 0.05) is 13.1 Å². The van der Waals surface area contributed by atoms with Gasteiger partial charge in [0.15, 0.2) is 0 Å². The van der Waals surface area contributed by atoms with E-state index in [1.165, 1.54) is 0 Å². The third-order valence-electron chi connectivity index (χ3n) is 3.68. The van der Waals surface area contributed by atoms with Crippen molar-refractivity contribution in [1.29, 1.82) is 0 Å². The van der Waals surface area contributed by atoms with E-state index >= 15 is 0 Å². The maximum absolute atomic E-state index is 9.39. The maximum Gasteiger partial charge on any atom is 0.119 e. The largest absolute Gasteiger partial charge is 0.491 e. The molecule has 2 aromatic rings. The highest BCUT2D eigenvalue weighted by Crippen LogP contribution is 2.18. The lowest BCUT2D eigenvalue weighted by atomic mass is 10.0. The Morgan fingerprint density at radius 3 is 1.36 bits per heavy atom. The SMILES string of the molecule is NC[C@@H](O)COc1ccc(Cc2ccc(OC[C@H](O)CN)cc2)cc1. The first-order valence-corrected chi connectivity index (χ1v) is 8.30. The fourth-order valence-corrected chi connectivity index (χ4v) is 2.16. The van der Waals surface area contributed by atoms with Crippen LogP contribution in [-0.2, 0) is 6.42 Å². The van der Waals surface area contributed by atoms with Crippen molar-refractivity contribution < 1.29 is 19.7 Å². The first-order chi connectivity index (χ1) is 12.1. The lowest BCUT2D eigenvalue weighted by molar-refractivity contribution is 0.114. The minimum Gasteiger partial charge on any atom is -0.491 e. The predicted molar refractivity (Wildman–Crippen MR) is 96.8 cm³/mol. The Kier molecular flexibility index (Phi) is 7.69. The molecule has 0 aliphatic rings. The Bertz CT molecular complexity index is 561. The van der Waals surface area contributed by atoms with Gasteiger partial charge in [0.1, 0.15) is 36.9 Å². The summed E-state index contributed by atoms with van der Waals surface area (Å²) in [6.07, 6.45) is -0.505. The van der Waals surface area contributed by atoms with Crippen molar-refractivity contribution in [1.82, 2.24) is 0 Å². The van der Waals surface area contributed by atoms with Gasteiger partial charge in [0.05, 0.1) is 0 Å². The number of aliphatic hydroxyl groups is 2. The summed E-state index contributed by atoms with van der Waals surface area (Å²) in [5.74, 6) is 1.41. The van der Waals surface area contributed by atoms with Crippen molar-refractivity contribution in [2.75, 3.05) is 26.3 Å². The van der Waals surface area contributed by atoms with Crippen molar-refractivity contribution in [3.63, 3.8) is 0 Å². The summed E-state index contributed by atoms with van der Waals surface area (Å²) < 4.78 is 10.9. The molecular weight excluding hydrogens is 320 g/mol. The van der Waals surface area contributed by atoms with Gasteiger partial charge in [-0.3, -0.25) is 0 Å². The van der Waals surface area contributed by atoms with Gasteiger partial charge in [0.25, 0.3) is 0 Å². The molecule has 0 saturated heterocycles. The molecule has 0 saturated carbocycles. The summed E-state index contributed by atoms with van der Waals surface area (Å²) in [5, 5.41) is 18.8. The van der Waals surface area contributed by atoms with Gasteiger partial charge in [-0.15, -0.1) is 0 Å². The van der Waals surface area contributed by atoms with Crippen LogP contribution in [0.2, 0.25) is 0 Å². The fourth-order valence-electron chi connectivity index (χ4n) is 2.16. The molecule has 0 aromatic heterocycles. The molecule has 0 radical (unpaired) electrons. The van der Waals surface area contributed by atoms with E-state index in [9.17, 15) is 10.2 Å². The lowest BCUT2D eigenvalue weighted by Gasteiger charge is -2.11. The van der Waals surface area contributed by atoms with Gasteiger partial charge < -0.3 is 31.2 Å². The molecule has 0 spiro atoms. The molecular formula is C19H26N2O4. The summed E-state index contributed by atoms with van der Waals surface area (Å²) in [6.45, 7) is 0.748. The van der Waals surface area contributed by atoms with Crippen LogP contribution in [0, 0.1) is 0 Å². The minimum atomic E-state index is -0.647. The van der Waals surface area contributed by atoms with E-state index in [0.29, 0.717) is 11.5 Å². The molecule has 0 unspecified atom stereocenters. The number of hydrogen-bond acceptors (Lipinski definition) is 6. The van der Waals surface area contributed by atoms with E-state index in [4.69, 9.17) is 20.9 Å². The van der Waals surface area contributed by atoms with Crippen LogP contribution in [0.3, 0.4) is 0 Å². The first kappa shape index (κ1) is 19.2. The van der Waals surface area contributed by atoms with Gasteiger partial charge in [-0.2, -0.15) is 0 Å². The highest BCUT2D eigenvalue weighted by atomic mass is 16.5. The topological polar surface area (TPSA) is 111 Å². The normalized spacial score (nSPS) is 13.3. The average molecular weight is 346 g/mol. The van der Waals surface area contributed by atoms with E-state index in [2.05, 4.69) is 0 Å². The molecule has 6 nitrogen and oxygen atoms in total. The zero-order valence-corrected chi connectivity index (χ0v) is 14.2. The fraction of sp³-hybridized carbons (Fsp3) is 0.368. The number of nitrogens with two attached hydrogens (primary N) is 2. The molecule has 0 amide bonds. The molecule has 2 aromatic carbocycles. The smallest absolute Gasteiger partial charge is 0.119 e. The Morgan fingerprint density at radius 2 is 1.04 bits per heavy atom. The van der Waals surface area contributed by atoms with Crippen LogP contribution in [0.4, 0.5) is 0 Å². The summed E-state index contributed by atoms with van der Waals surface area (Å²) in [7, 11) is 0. The Morgan fingerprint density at radius 1 is 0.680 bits per heavy atom. The van der Waals surface area contributed by atoms with Crippen LogP contribution in [-0.4, -0.2) is 48.7 Å². The van der Waals surface area contributed by atoms with Crippen LogP contribution >= 0.6 is 0 Å². The molecule has 0 aliphatic carbocycles. The molecule has 0 fully saturated rings. The van der Waals surface area contributed by atoms with Gasteiger partial charge >= 0.3 is 0 Å². The van der Waals surface area contributed by atoms with Crippen molar-refractivity contribution >= 4 is 0 Å². The molecule has 0 bridgehead atoms. The molecule has 25 heavy (non-hydrogen) atoms. The van der Waals surface area contributed by atoms with Crippen LogP contribution in [0.1, 0.15) is 11.1 Å². The first-order valence-electron chi connectivity index (χ1n) is 8.30. The molecule has 6 N–H and O–H groups in total. The van der Waals surface area contributed by atoms with Crippen LogP contribution < -0.4 is 20.9 Å². The van der Waals surface area contributed by atoms with Crippen LogP contribution in [0.5, 0.6) is 11.5 Å². The molecule has 6 heteroatoms. The molecule has 0 heterocycles.